The Labute approximate surface area is 126 Å². The topological polar surface area (TPSA) is 72.2 Å². The molecule has 5 heteroatoms. The first-order valence-electron chi connectivity index (χ1n) is 6.75. The van der Waals surface area contributed by atoms with Gasteiger partial charge in [-0.15, -0.1) is 0 Å². The molecule has 2 aromatic carbocycles. The molecule has 2 rings (SSSR count). The summed E-state index contributed by atoms with van der Waals surface area (Å²) in [5.41, 5.74) is 8.89. The summed E-state index contributed by atoms with van der Waals surface area (Å²) in [7, 11) is -3.60. The number of nitrogens with one attached hydrogen (secondary N) is 1. The Morgan fingerprint density at radius 1 is 1.05 bits per heavy atom. The van der Waals surface area contributed by atoms with Crippen LogP contribution in [0.4, 0.5) is 5.69 Å². The average Bonchev–Trinajstić information content (AvgIpc) is 2.41. The SMILES string of the molecule is Cc1ccc(C(C)NS(=O)(=O)c2cccc(N)c2C)cc1. The van der Waals surface area contributed by atoms with Crippen LogP contribution in [-0.2, 0) is 10.0 Å². The first-order chi connectivity index (χ1) is 9.81. The van der Waals surface area contributed by atoms with Crippen molar-refractivity contribution in [1.82, 2.24) is 4.72 Å². The molecule has 0 aliphatic heterocycles. The molecular formula is C16H20N2O2S. The zero-order valence-corrected chi connectivity index (χ0v) is 13.2. The first-order valence-corrected chi connectivity index (χ1v) is 8.23. The van der Waals surface area contributed by atoms with E-state index in [4.69, 9.17) is 5.73 Å². The Morgan fingerprint density at radius 2 is 1.67 bits per heavy atom. The number of nitrogen functional groups attached to an aromatic ring is 1. The van der Waals surface area contributed by atoms with E-state index in [1.54, 1.807) is 25.1 Å². The maximum absolute atomic E-state index is 12.5. The Balaban J connectivity index is 2.29. The van der Waals surface area contributed by atoms with E-state index in [1.165, 1.54) is 0 Å². The molecule has 4 nitrogen and oxygen atoms in total. The van der Waals surface area contributed by atoms with Gasteiger partial charge in [-0.3, -0.25) is 0 Å². The van der Waals surface area contributed by atoms with E-state index in [0.717, 1.165) is 11.1 Å². The van der Waals surface area contributed by atoms with Gasteiger partial charge in [-0.05, 0) is 44.0 Å². The van der Waals surface area contributed by atoms with Gasteiger partial charge in [0.2, 0.25) is 10.0 Å². The zero-order valence-electron chi connectivity index (χ0n) is 12.4. The Bertz CT molecular complexity index is 737. The molecule has 2 aromatic rings. The van der Waals surface area contributed by atoms with Crippen LogP contribution in [0.3, 0.4) is 0 Å². The van der Waals surface area contributed by atoms with Crippen LogP contribution in [0, 0.1) is 13.8 Å². The van der Waals surface area contributed by atoms with Crippen molar-refractivity contribution in [3.05, 3.63) is 59.2 Å². The van der Waals surface area contributed by atoms with Gasteiger partial charge < -0.3 is 5.73 Å². The molecule has 0 bridgehead atoms. The number of benzene rings is 2. The van der Waals surface area contributed by atoms with Gasteiger partial charge in [-0.1, -0.05) is 35.9 Å². The fourth-order valence-electron chi connectivity index (χ4n) is 2.14. The quantitative estimate of drug-likeness (QED) is 0.853. The van der Waals surface area contributed by atoms with Gasteiger partial charge in [-0.2, -0.15) is 0 Å². The minimum absolute atomic E-state index is 0.224. The van der Waals surface area contributed by atoms with E-state index in [2.05, 4.69) is 4.72 Å². The molecule has 0 fully saturated rings. The van der Waals surface area contributed by atoms with Gasteiger partial charge in [-0.25, -0.2) is 13.1 Å². The predicted molar refractivity (Wildman–Crippen MR) is 85.5 cm³/mol. The number of aryl methyl sites for hydroxylation is 1. The lowest BCUT2D eigenvalue weighted by Gasteiger charge is -2.16. The molecule has 0 aromatic heterocycles. The molecule has 0 radical (unpaired) electrons. The summed E-state index contributed by atoms with van der Waals surface area (Å²) in [6.45, 7) is 5.53. The Kier molecular flexibility index (Phi) is 4.34. The molecular weight excluding hydrogens is 284 g/mol. The van der Waals surface area contributed by atoms with Crippen molar-refractivity contribution in [3.63, 3.8) is 0 Å². The molecule has 0 saturated heterocycles. The van der Waals surface area contributed by atoms with Crippen LogP contribution in [0.25, 0.3) is 0 Å². The lowest BCUT2D eigenvalue weighted by molar-refractivity contribution is 0.566. The van der Waals surface area contributed by atoms with Crippen molar-refractivity contribution in [3.8, 4) is 0 Å². The van der Waals surface area contributed by atoms with Gasteiger partial charge in [0.15, 0.2) is 0 Å². The fraction of sp³-hybridized carbons (Fsp3) is 0.250. The van der Waals surface area contributed by atoms with E-state index >= 15 is 0 Å². The Morgan fingerprint density at radius 3 is 2.29 bits per heavy atom. The molecule has 0 spiro atoms. The number of nitrogens with two attached hydrogens (primary N) is 1. The molecule has 3 N–H and O–H groups in total. The van der Waals surface area contributed by atoms with Crippen LogP contribution in [0.15, 0.2) is 47.4 Å². The highest BCUT2D eigenvalue weighted by Gasteiger charge is 2.20. The van der Waals surface area contributed by atoms with E-state index in [9.17, 15) is 8.42 Å². The molecule has 1 unspecified atom stereocenters. The summed E-state index contributed by atoms with van der Waals surface area (Å²) >= 11 is 0. The minimum Gasteiger partial charge on any atom is -0.398 e. The van der Waals surface area contributed by atoms with Crippen molar-refractivity contribution in [1.29, 1.82) is 0 Å². The second-order valence-corrected chi connectivity index (χ2v) is 6.91. The highest BCUT2D eigenvalue weighted by atomic mass is 32.2. The third kappa shape index (κ3) is 3.43. The zero-order chi connectivity index (χ0) is 15.6. The third-order valence-electron chi connectivity index (χ3n) is 3.52. The lowest BCUT2D eigenvalue weighted by atomic mass is 10.1. The number of hydrogen-bond donors (Lipinski definition) is 2. The summed E-state index contributed by atoms with van der Waals surface area (Å²) in [4.78, 5) is 0.224. The lowest BCUT2D eigenvalue weighted by Crippen LogP contribution is -2.27. The Hall–Kier alpha value is -1.85. The van der Waals surface area contributed by atoms with Crippen molar-refractivity contribution in [2.24, 2.45) is 0 Å². The van der Waals surface area contributed by atoms with Crippen LogP contribution in [0.2, 0.25) is 0 Å². The number of hydrogen-bond acceptors (Lipinski definition) is 3. The van der Waals surface area contributed by atoms with Gasteiger partial charge in [0.05, 0.1) is 4.90 Å². The second kappa shape index (κ2) is 5.87. The largest absolute Gasteiger partial charge is 0.398 e. The van der Waals surface area contributed by atoms with Crippen LogP contribution >= 0.6 is 0 Å². The van der Waals surface area contributed by atoms with Crippen LogP contribution in [-0.4, -0.2) is 8.42 Å². The van der Waals surface area contributed by atoms with Gasteiger partial charge in [0, 0.05) is 11.7 Å². The van der Waals surface area contributed by atoms with Crippen LogP contribution < -0.4 is 10.5 Å². The predicted octanol–water partition coefficient (Wildman–Crippen LogP) is 2.93. The fourth-order valence-corrected chi connectivity index (χ4v) is 3.65. The van der Waals surface area contributed by atoms with Crippen LogP contribution in [0.5, 0.6) is 0 Å². The summed E-state index contributed by atoms with van der Waals surface area (Å²) in [5, 5.41) is 0. The van der Waals surface area contributed by atoms with Crippen molar-refractivity contribution in [2.45, 2.75) is 31.7 Å². The van der Waals surface area contributed by atoms with E-state index in [1.807, 2.05) is 38.1 Å². The van der Waals surface area contributed by atoms with Gasteiger partial charge >= 0.3 is 0 Å². The smallest absolute Gasteiger partial charge is 0.241 e. The van der Waals surface area contributed by atoms with E-state index in [0.29, 0.717) is 11.3 Å². The molecule has 1 atom stereocenters. The van der Waals surface area contributed by atoms with Crippen molar-refractivity contribution < 1.29 is 8.42 Å². The van der Waals surface area contributed by atoms with E-state index < -0.39 is 10.0 Å². The minimum atomic E-state index is -3.60. The standard InChI is InChI=1S/C16H20N2O2S/c1-11-7-9-14(10-8-11)13(3)18-21(19,20)16-6-4-5-15(17)12(16)2/h4-10,13,18H,17H2,1-3H3. The monoisotopic (exact) mass is 304 g/mol. The summed E-state index contributed by atoms with van der Waals surface area (Å²) in [6, 6.07) is 12.4. The number of anilines is 1. The molecule has 0 amide bonds. The van der Waals surface area contributed by atoms with Crippen molar-refractivity contribution in [2.75, 3.05) is 5.73 Å². The first kappa shape index (κ1) is 15.5. The summed E-state index contributed by atoms with van der Waals surface area (Å²) in [6.07, 6.45) is 0. The maximum Gasteiger partial charge on any atom is 0.241 e. The van der Waals surface area contributed by atoms with Gasteiger partial charge in [0.25, 0.3) is 0 Å². The van der Waals surface area contributed by atoms with Crippen LogP contribution in [0.1, 0.15) is 29.7 Å². The van der Waals surface area contributed by atoms with Gasteiger partial charge in [0.1, 0.15) is 0 Å². The molecule has 0 saturated carbocycles. The molecule has 21 heavy (non-hydrogen) atoms. The van der Waals surface area contributed by atoms with Crippen molar-refractivity contribution >= 4 is 15.7 Å². The normalized spacial score (nSPS) is 13.1. The highest BCUT2D eigenvalue weighted by molar-refractivity contribution is 7.89. The van der Waals surface area contributed by atoms with E-state index in [-0.39, 0.29) is 10.9 Å². The average molecular weight is 304 g/mol. The highest BCUT2D eigenvalue weighted by Crippen LogP contribution is 2.23. The molecule has 0 heterocycles. The summed E-state index contributed by atoms with van der Waals surface area (Å²) < 4.78 is 27.7. The third-order valence-corrected chi connectivity index (χ3v) is 5.21. The maximum atomic E-state index is 12.5. The second-order valence-electron chi connectivity index (χ2n) is 5.22. The summed E-state index contributed by atoms with van der Waals surface area (Å²) in [5.74, 6) is 0. The number of rotatable bonds is 4. The molecule has 0 aliphatic carbocycles. The molecule has 0 aliphatic rings. The number of sulfonamides is 1. The molecule has 112 valence electrons.